The van der Waals surface area contributed by atoms with Crippen LogP contribution in [0.3, 0.4) is 0 Å². The van der Waals surface area contributed by atoms with Crippen molar-refractivity contribution in [2.45, 2.75) is 92.0 Å². The van der Waals surface area contributed by atoms with Crippen LogP contribution in [0.25, 0.3) is 0 Å². The first-order valence-corrected chi connectivity index (χ1v) is 11.4. The molecule has 0 saturated carbocycles. The summed E-state index contributed by atoms with van der Waals surface area (Å²) in [6.07, 6.45) is -7.90. The van der Waals surface area contributed by atoms with Gasteiger partial charge in [0.2, 0.25) is 0 Å². The van der Waals surface area contributed by atoms with Crippen molar-refractivity contribution in [3.8, 4) is 0 Å². The molecule has 0 bridgehead atoms. The summed E-state index contributed by atoms with van der Waals surface area (Å²) in [5, 5.41) is -7.54. The molecule has 0 unspecified atom stereocenters. The van der Waals surface area contributed by atoms with E-state index in [-0.39, 0.29) is 30.4 Å². The zero-order valence-corrected chi connectivity index (χ0v) is 22.2. The molecule has 0 amide bonds. The normalized spacial score (nSPS) is 15.8. The van der Waals surface area contributed by atoms with Gasteiger partial charge in [0, 0.05) is 13.0 Å². The Balaban J connectivity index is 0. The lowest BCUT2D eigenvalue weighted by Crippen LogP contribution is -3.00. The third-order valence-corrected chi connectivity index (χ3v) is 7.22. The molecule has 238 valence electrons. The Bertz CT molecular complexity index is 933. The minimum absolute atomic E-state index is 0. The van der Waals surface area contributed by atoms with Crippen LogP contribution in [0, 0.1) is 0 Å². The summed E-state index contributed by atoms with van der Waals surface area (Å²) in [6.45, 7) is 1.86. The van der Waals surface area contributed by atoms with Crippen LogP contribution in [0.4, 0.5) is 74.6 Å². The summed E-state index contributed by atoms with van der Waals surface area (Å²) in [5.41, 5.74) is 2.86. The minimum Gasteiger partial charge on any atom is -1.00 e. The lowest BCUT2D eigenvalue weighted by Gasteiger charge is -2.42. The predicted octanol–water partition coefficient (Wildman–Crippen LogP) is 2.46. The second kappa shape index (κ2) is 11.6. The lowest BCUT2D eigenvalue weighted by molar-refractivity contribution is -0.481. The van der Waals surface area contributed by atoms with Gasteiger partial charge < -0.3 is 29.7 Å². The van der Waals surface area contributed by atoms with E-state index in [1.165, 1.54) is 0 Å². The van der Waals surface area contributed by atoms with Crippen LogP contribution in [0.5, 0.6) is 0 Å². The molecule has 0 aromatic rings. The van der Waals surface area contributed by atoms with Gasteiger partial charge in [-0.05, 0) is 19.3 Å². The van der Waals surface area contributed by atoms with E-state index in [1.54, 1.807) is 13.8 Å². The van der Waals surface area contributed by atoms with Crippen molar-refractivity contribution in [2.24, 2.45) is 0 Å². The molecule has 0 saturated heterocycles. The number of sulfonamides is 1. The molecule has 0 rings (SSSR count). The third kappa shape index (κ3) is 6.28. The number of halogens is 18. The van der Waals surface area contributed by atoms with E-state index in [2.05, 4.69) is 5.73 Å². The van der Waals surface area contributed by atoms with Crippen molar-refractivity contribution >= 4 is 10.0 Å². The standard InChI is InChI=1S/C16H19F17N2O2S.HI/c1-3-8(34,4-2)6-5-7-35-38(36,37)16(32,33)14(27,28)12(23,24)10(19,20)9(17,18)11(21,22)13(25,26)15(29,30)31;/h35H,3-7,34H2,1-2H3;1H. The maximum Gasteiger partial charge on any atom is 0.460 e. The molecule has 4 nitrogen and oxygen atoms in total. The highest BCUT2D eigenvalue weighted by Gasteiger charge is 2.96. The fourth-order valence-electron chi connectivity index (χ4n) is 2.68. The number of nitrogens with one attached hydrogen (secondary N) is 1. The molecule has 0 aliphatic rings. The molecular weight excluding hydrogens is 734 g/mol. The number of rotatable bonds is 14. The quantitative estimate of drug-likeness (QED) is 0.163. The monoisotopic (exact) mass is 754 g/mol. The van der Waals surface area contributed by atoms with Gasteiger partial charge in [0.05, 0.1) is 5.54 Å². The topological polar surface area (TPSA) is 73.8 Å². The van der Waals surface area contributed by atoms with Crippen molar-refractivity contribution in [2.75, 3.05) is 6.54 Å². The fraction of sp³-hybridized carbons (Fsp3) is 1.00. The van der Waals surface area contributed by atoms with Crippen LogP contribution in [0.1, 0.15) is 39.5 Å². The first-order chi connectivity index (χ1) is 16.3. The largest absolute Gasteiger partial charge is 1.00 e. The molecule has 0 aliphatic heterocycles. The number of alkyl halides is 17. The summed E-state index contributed by atoms with van der Waals surface area (Å²) < 4.78 is 249. The van der Waals surface area contributed by atoms with E-state index < -0.39 is 75.5 Å². The highest BCUT2D eigenvalue weighted by atomic mass is 127. The van der Waals surface area contributed by atoms with Crippen LogP contribution in [0.15, 0.2) is 0 Å². The van der Waals surface area contributed by atoms with Gasteiger partial charge >= 0.3 is 47.0 Å². The summed E-state index contributed by atoms with van der Waals surface area (Å²) in [5.74, 6) is -51.6. The second-order valence-electron chi connectivity index (χ2n) is 8.17. The highest BCUT2D eigenvalue weighted by Crippen LogP contribution is 2.64. The smallest absolute Gasteiger partial charge is 0.460 e. The van der Waals surface area contributed by atoms with Gasteiger partial charge in [-0.15, -0.1) is 0 Å². The van der Waals surface area contributed by atoms with Crippen molar-refractivity contribution in [3.05, 3.63) is 0 Å². The minimum atomic E-state index is -8.84. The van der Waals surface area contributed by atoms with Crippen LogP contribution in [0.2, 0.25) is 0 Å². The predicted molar refractivity (Wildman–Crippen MR) is 93.0 cm³/mol. The molecular formula is C16H20F17IN2O2S. The molecule has 0 heterocycles. The summed E-state index contributed by atoms with van der Waals surface area (Å²) in [7, 11) is -7.25. The average Bonchev–Trinajstić information content (AvgIpc) is 2.74. The van der Waals surface area contributed by atoms with Gasteiger partial charge in [-0.1, -0.05) is 13.8 Å². The van der Waals surface area contributed by atoms with E-state index in [0.29, 0.717) is 17.6 Å². The highest BCUT2D eigenvalue weighted by molar-refractivity contribution is 7.90. The molecule has 0 aromatic carbocycles. The molecule has 0 radical (unpaired) electrons. The molecule has 0 spiro atoms. The summed E-state index contributed by atoms with van der Waals surface area (Å²) in [4.78, 5) is 0. The van der Waals surface area contributed by atoms with Crippen molar-refractivity contribution < 1.29 is 113 Å². The van der Waals surface area contributed by atoms with E-state index >= 15 is 0 Å². The number of hydrogen-bond acceptors (Lipinski definition) is 2. The van der Waals surface area contributed by atoms with Crippen molar-refractivity contribution in [1.29, 1.82) is 0 Å². The molecule has 23 heteroatoms. The summed E-state index contributed by atoms with van der Waals surface area (Å²) >= 11 is 0. The molecule has 0 atom stereocenters. The first kappa shape index (κ1) is 40.5. The Labute approximate surface area is 226 Å². The Morgan fingerprint density at radius 1 is 0.590 bits per heavy atom. The fourth-order valence-corrected chi connectivity index (χ4v) is 3.74. The first-order valence-electron chi connectivity index (χ1n) is 9.89. The van der Waals surface area contributed by atoms with Gasteiger partial charge in [0.25, 0.3) is 10.0 Å². The summed E-state index contributed by atoms with van der Waals surface area (Å²) in [6, 6.07) is 0. The van der Waals surface area contributed by atoms with Crippen LogP contribution >= 0.6 is 0 Å². The maximum atomic E-state index is 13.9. The van der Waals surface area contributed by atoms with Crippen LogP contribution in [-0.4, -0.2) is 67.5 Å². The Kier molecular flexibility index (Phi) is 12.1. The van der Waals surface area contributed by atoms with Gasteiger partial charge in [0.1, 0.15) is 0 Å². The zero-order valence-electron chi connectivity index (χ0n) is 19.3. The lowest BCUT2D eigenvalue weighted by atomic mass is 9.89. The van der Waals surface area contributed by atoms with Gasteiger partial charge in [-0.2, -0.15) is 74.6 Å². The van der Waals surface area contributed by atoms with E-state index in [0.717, 1.165) is 0 Å². The van der Waals surface area contributed by atoms with E-state index in [9.17, 15) is 83.1 Å². The average molecular weight is 754 g/mol. The Hall–Kier alpha value is -0.590. The van der Waals surface area contributed by atoms with Crippen LogP contribution < -0.4 is 34.4 Å². The van der Waals surface area contributed by atoms with Gasteiger partial charge in [-0.3, -0.25) is 0 Å². The number of quaternary nitrogens is 1. The SMILES string of the molecule is CCC([NH3+])(CC)CCCNS(=O)(=O)C(F)(F)C(F)(F)C(F)(F)C(F)(F)C(F)(F)C(F)(F)C(F)(F)C(F)(F)F.[I-]. The van der Waals surface area contributed by atoms with Crippen molar-refractivity contribution in [3.63, 3.8) is 0 Å². The number of hydrogen-bond donors (Lipinski definition) is 2. The van der Waals surface area contributed by atoms with Gasteiger partial charge in [0.15, 0.2) is 0 Å². The molecule has 39 heavy (non-hydrogen) atoms. The van der Waals surface area contributed by atoms with Gasteiger partial charge in [-0.25, -0.2) is 13.1 Å². The van der Waals surface area contributed by atoms with E-state index in [4.69, 9.17) is 0 Å². The molecule has 0 fully saturated rings. The molecule has 4 N–H and O–H groups in total. The Morgan fingerprint density at radius 2 is 0.897 bits per heavy atom. The zero-order chi connectivity index (χ0) is 31.2. The second-order valence-corrected chi connectivity index (χ2v) is 9.98. The van der Waals surface area contributed by atoms with Crippen LogP contribution in [-0.2, 0) is 10.0 Å². The molecule has 0 aliphatic carbocycles. The van der Waals surface area contributed by atoms with E-state index in [1.807, 2.05) is 0 Å². The van der Waals surface area contributed by atoms with Crippen molar-refractivity contribution in [1.82, 2.24) is 4.72 Å². The molecule has 0 aromatic heterocycles. The third-order valence-electron chi connectivity index (χ3n) is 5.71. The maximum absolute atomic E-state index is 13.9. The Morgan fingerprint density at radius 3 is 1.21 bits per heavy atom.